The van der Waals surface area contributed by atoms with Crippen LogP contribution in [0.2, 0.25) is 0 Å². The largest absolute Gasteiger partial charge is 0.359 e. The van der Waals surface area contributed by atoms with Crippen LogP contribution in [0, 0.1) is 25.6 Å². The van der Waals surface area contributed by atoms with Gasteiger partial charge in [0, 0.05) is 36.1 Å². The molecule has 1 aliphatic carbocycles. The van der Waals surface area contributed by atoms with Crippen molar-refractivity contribution in [3.63, 3.8) is 0 Å². The summed E-state index contributed by atoms with van der Waals surface area (Å²) in [5.74, 6) is -1.01. The van der Waals surface area contributed by atoms with E-state index in [1.165, 1.54) is 12.1 Å². The summed E-state index contributed by atoms with van der Waals surface area (Å²) in [7, 11) is 0. The van der Waals surface area contributed by atoms with Crippen molar-refractivity contribution in [2.75, 3.05) is 11.4 Å². The summed E-state index contributed by atoms with van der Waals surface area (Å²) < 4.78 is 15.3. The number of benzene rings is 2. The number of H-pyrrole nitrogens is 1. The zero-order valence-electron chi connectivity index (χ0n) is 21.7. The number of aryl methyl sites for hydroxylation is 2. The molecule has 0 atom stereocenters. The van der Waals surface area contributed by atoms with Crippen LogP contribution in [0.4, 0.5) is 10.1 Å². The molecule has 0 bridgehead atoms. The van der Waals surface area contributed by atoms with E-state index in [2.05, 4.69) is 10.3 Å². The Hall–Kier alpha value is -3.42. The number of nitrogens with two attached hydrogens (primary N) is 1. The van der Waals surface area contributed by atoms with Crippen molar-refractivity contribution in [2.24, 2.45) is 11.7 Å². The predicted octanol–water partition coefficient (Wildman–Crippen LogP) is 5.53. The Morgan fingerprint density at radius 1 is 1.13 bits per heavy atom. The van der Waals surface area contributed by atoms with E-state index >= 15 is 4.39 Å². The first-order valence-electron chi connectivity index (χ1n) is 12.9. The predicted molar refractivity (Wildman–Crippen MR) is 152 cm³/mol. The third-order valence-electron chi connectivity index (χ3n) is 7.49. The molecule has 3 aromatic rings. The standard InChI is InChI=1S/C30H33FN4O2.ClH/c1-18-12-19(2)34-27(18)14-24-23-13-26(31)25(29(36)33-16-20-6-4-3-5-7-20)15-28(23)35(30(24)37)17-21-8-10-22(32)11-9-21;/h3-7,12-15,21-22,34H,8-11,16-17,32H2,1-2H3,(H,33,36);1H/b24-14-;. The van der Waals surface area contributed by atoms with E-state index in [0.29, 0.717) is 29.3 Å². The van der Waals surface area contributed by atoms with Crippen molar-refractivity contribution in [3.05, 3.63) is 88.0 Å². The van der Waals surface area contributed by atoms with Crippen molar-refractivity contribution < 1.29 is 14.0 Å². The van der Waals surface area contributed by atoms with Gasteiger partial charge < -0.3 is 20.9 Å². The lowest BCUT2D eigenvalue weighted by Gasteiger charge is -2.30. The Morgan fingerprint density at radius 3 is 2.50 bits per heavy atom. The molecule has 4 N–H and O–H groups in total. The number of amides is 2. The summed E-state index contributed by atoms with van der Waals surface area (Å²) in [4.78, 5) is 31.7. The van der Waals surface area contributed by atoms with Gasteiger partial charge >= 0.3 is 0 Å². The number of anilines is 1. The molecule has 1 fully saturated rings. The molecule has 8 heteroatoms. The highest BCUT2D eigenvalue weighted by Crippen LogP contribution is 2.41. The second kappa shape index (κ2) is 11.5. The number of aromatic nitrogens is 1. The van der Waals surface area contributed by atoms with Crippen molar-refractivity contribution >= 4 is 41.6 Å². The van der Waals surface area contributed by atoms with Gasteiger partial charge in [-0.05, 0) is 80.9 Å². The molecule has 5 rings (SSSR count). The molecule has 38 heavy (non-hydrogen) atoms. The summed E-state index contributed by atoms with van der Waals surface area (Å²) >= 11 is 0. The van der Waals surface area contributed by atoms with Gasteiger partial charge in [0.1, 0.15) is 5.82 Å². The van der Waals surface area contributed by atoms with Gasteiger partial charge in [-0.1, -0.05) is 30.3 Å². The summed E-state index contributed by atoms with van der Waals surface area (Å²) in [6.07, 6.45) is 5.55. The number of hydrogen-bond acceptors (Lipinski definition) is 3. The maximum absolute atomic E-state index is 15.3. The van der Waals surface area contributed by atoms with Crippen molar-refractivity contribution in [3.8, 4) is 0 Å². The normalized spacial score (nSPS) is 19.8. The first kappa shape index (κ1) is 27.6. The summed E-state index contributed by atoms with van der Waals surface area (Å²) in [6.45, 7) is 4.74. The molecule has 6 nitrogen and oxygen atoms in total. The van der Waals surface area contributed by atoms with Crippen LogP contribution in [0.3, 0.4) is 0 Å². The fraction of sp³-hybridized carbons (Fsp3) is 0.333. The summed E-state index contributed by atoms with van der Waals surface area (Å²) in [5, 5.41) is 2.80. The smallest absolute Gasteiger partial charge is 0.259 e. The van der Waals surface area contributed by atoms with Crippen LogP contribution < -0.4 is 16.0 Å². The van der Waals surface area contributed by atoms with Crippen LogP contribution in [-0.2, 0) is 11.3 Å². The van der Waals surface area contributed by atoms with E-state index in [0.717, 1.165) is 48.2 Å². The minimum atomic E-state index is -0.645. The maximum Gasteiger partial charge on any atom is 0.259 e. The number of hydrogen-bond donors (Lipinski definition) is 3. The minimum Gasteiger partial charge on any atom is -0.359 e. The maximum atomic E-state index is 15.3. The van der Waals surface area contributed by atoms with Crippen LogP contribution in [0.15, 0.2) is 48.5 Å². The van der Waals surface area contributed by atoms with Gasteiger partial charge in [-0.25, -0.2) is 4.39 Å². The van der Waals surface area contributed by atoms with Gasteiger partial charge in [0.2, 0.25) is 0 Å². The Morgan fingerprint density at radius 2 is 1.84 bits per heavy atom. The van der Waals surface area contributed by atoms with E-state index in [-0.39, 0.29) is 36.5 Å². The molecular formula is C30H34ClFN4O2. The number of rotatable bonds is 6. The summed E-state index contributed by atoms with van der Waals surface area (Å²) in [5.41, 5.74) is 11.3. The molecule has 0 saturated heterocycles. The van der Waals surface area contributed by atoms with Crippen LogP contribution in [0.25, 0.3) is 11.6 Å². The van der Waals surface area contributed by atoms with Gasteiger partial charge in [0.05, 0.1) is 16.8 Å². The highest BCUT2D eigenvalue weighted by Gasteiger charge is 2.36. The van der Waals surface area contributed by atoms with E-state index in [4.69, 9.17) is 5.73 Å². The highest BCUT2D eigenvalue weighted by molar-refractivity contribution is 6.36. The molecule has 0 unspecified atom stereocenters. The van der Waals surface area contributed by atoms with Crippen molar-refractivity contribution in [1.29, 1.82) is 0 Å². The molecule has 2 aliphatic rings. The SMILES string of the molecule is Cc1cc(C)c(/C=C2\C(=O)N(CC3CCC(N)CC3)c3cc(C(=O)NCc4ccccc4)c(F)cc32)[nH]1.Cl. The van der Waals surface area contributed by atoms with Crippen LogP contribution in [0.1, 0.15) is 64.1 Å². The number of nitrogens with zero attached hydrogens (tertiary/aromatic N) is 1. The van der Waals surface area contributed by atoms with Gasteiger partial charge in [-0.2, -0.15) is 0 Å². The molecule has 2 aromatic carbocycles. The Balaban J connectivity index is 0.00000336. The molecule has 1 aromatic heterocycles. The summed E-state index contributed by atoms with van der Waals surface area (Å²) in [6, 6.07) is 14.6. The van der Waals surface area contributed by atoms with Gasteiger partial charge in [0.25, 0.3) is 11.8 Å². The minimum absolute atomic E-state index is 0. The highest BCUT2D eigenvalue weighted by atomic mass is 35.5. The van der Waals surface area contributed by atoms with E-state index in [1.807, 2.05) is 50.2 Å². The lowest BCUT2D eigenvalue weighted by molar-refractivity contribution is -0.113. The van der Waals surface area contributed by atoms with Gasteiger partial charge in [-0.15, -0.1) is 12.4 Å². The molecule has 1 aliphatic heterocycles. The Kier molecular flexibility index (Phi) is 8.38. The molecule has 200 valence electrons. The van der Waals surface area contributed by atoms with Crippen LogP contribution in [0.5, 0.6) is 0 Å². The van der Waals surface area contributed by atoms with E-state index < -0.39 is 11.7 Å². The number of halogens is 2. The number of aromatic amines is 1. The van der Waals surface area contributed by atoms with Gasteiger partial charge in [-0.3, -0.25) is 9.59 Å². The topological polar surface area (TPSA) is 91.2 Å². The monoisotopic (exact) mass is 536 g/mol. The van der Waals surface area contributed by atoms with Crippen molar-refractivity contribution in [1.82, 2.24) is 10.3 Å². The second-order valence-corrected chi connectivity index (χ2v) is 10.3. The van der Waals surface area contributed by atoms with Crippen LogP contribution >= 0.6 is 12.4 Å². The average molecular weight is 537 g/mol. The molecule has 2 heterocycles. The zero-order valence-corrected chi connectivity index (χ0v) is 22.5. The van der Waals surface area contributed by atoms with Crippen LogP contribution in [-0.4, -0.2) is 29.4 Å². The zero-order chi connectivity index (χ0) is 26.1. The molecular weight excluding hydrogens is 503 g/mol. The molecule has 2 amide bonds. The lowest BCUT2D eigenvalue weighted by atomic mass is 9.86. The first-order chi connectivity index (χ1) is 17.8. The number of carbonyl (C=O) groups excluding carboxylic acids is 2. The molecule has 0 radical (unpaired) electrons. The number of carbonyl (C=O) groups is 2. The third-order valence-corrected chi connectivity index (χ3v) is 7.49. The fourth-order valence-corrected chi connectivity index (χ4v) is 5.41. The van der Waals surface area contributed by atoms with Crippen molar-refractivity contribution in [2.45, 2.75) is 52.1 Å². The average Bonchev–Trinajstić information content (AvgIpc) is 3.33. The number of fused-ring (bicyclic) bond motifs is 1. The Bertz CT molecular complexity index is 1360. The fourth-order valence-electron chi connectivity index (χ4n) is 5.41. The molecule has 1 saturated carbocycles. The lowest BCUT2D eigenvalue weighted by Crippen LogP contribution is -2.36. The molecule has 0 spiro atoms. The Labute approximate surface area is 228 Å². The number of nitrogens with one attached hydrogen (secondary N) is 2. The van der Waals surface area contributed by atoms with E-state index in [9.17, 15) is 9.59 Å². The van der Waals surface area contributed by atoms with Gasteiger partial charge in [0.15, 0.2) is 0 Å². The van der Waals surface area contributed by atoms with E-state index in [1.54, 1.807) is 11.0 Å². The second-order valence-electron chi connectivity index (χ2n) is 10.3. The first-order valence-corrected chi connectivity index (χ1v) is 12.9. The quantitative estimate of drug-likeness (QED) is 0.362. The third kappa shape index (κ3) is 5.69.